The molecule has 0 unspecified atom stereocenters. The van der Waals surface area contributed by atoms with Crippen LogP contribution in [0.5, 0.6) is 5.75 Å². The van der Waals surface area contributed by atoms with E-state index < -0.39 is 5.60 Å². The summed E-state index contributed by atoms with van der Waals surface area (Å²) in [7, 11) is 0. The highest BCUT2D eigenvalue weighted by Gasteiger charge is 2.26. The first kappa shape index (κ1) is 20.2. The second-order valence-corrected chi connectivity index (χ2v) is 8.73. The molecule has 1 amide bonds. The molecule has 0 bridgehead atoms. The third-order valence-electron chi connectivity index (χ3n) is 5.30. The van der Waals surface area contributed by atoms with Crippen LogP contribution in [0, 0.1) is 5.92 Å². The van der Waals surface area contributed by atoms with E-state index in [4.69, 9.17) is 22.1 Å². The van der Waals surface area contributed by atoms with Gasteiger partial charge < -0.3 is 25.8 Å². The number of nitrogens with two attached hydrogens (primary N) is 1. The monoisotopic (exact) mass is 395 g/mol. The molecule has 0 atom stereocenters. The summed E-state index contributed by atoms with van der Waals surface area (Å²) in [5.74, 6) is 0.864. The van der Waals surface area contributed by atoms with Gasteiger partial charge in [-0.25, -0.2) is 0 Å². The van der Waals surface area contributed by atoms with Crippen LogP contribution < -0.4 is 15.8 Å². The quantitative estimate of drug-likeness (QED) is 0.666. The summed E-state index contributed by atoms with van der Waals surface area (Å²) < 4.78 is 5.73. The van der Waals surface area contributed by atoms with Gasteiger partial charge >= 0.3 is 0 Å². The molecule has 150 valence electrons. The van der Waals surface area contributed by atoms with Crippen molar-refractivity contribution in [1.29, 1.82) is 0 Å². The molecule has 0 spiro atoms. The van der Waals surface area contributed by atoms with Gasteiger partial charge in [0.1, 0.15) is 5.75 Å². The number of benzene rings is 1. The Morgan fingerprint density at radius 1 is 1.44 bits per heavy atom. The largest absolute Gasteiger partial charge is 0.492 e. The number of aliphatic hydroxyl groups is 1. The van der Waals surface area contributed by atoms with Gasteiger partial charge in [0.15, 0.2) is 0 Å². The van der Waals surface area contributed by atoms with Crippen LogP contribution in [0.3, 0.4) is 0 Å². The molecule has 6 nitrogen and oxygen atoms in total. The number of anilines is 1. The number of nitrogens with one attached hydrogen (secondary N) is 1. The van der Waals surface area contributed by atoms with E-state index in [1.54, 1.807) is 6.07 Å². The van der Waals surface area contributed by atoms with Crippen molar-refractivity contribution in [1.82, 2.24) is 10.2 Å². The zero-order chi connectivity index (χ0) is 19.6. The van der Waals surface area contributed by atoms with Gasteiger partial charge in [0.05, 0.1) is 28.5 Å². The van der Waals surface area contributed by atoms with Gasteiger partial charge in [0.2, 0.25) is 0 Å². The summed E-state index contributed by atoms with van der Waals surface area (Å²) in [5, 5.41) is 13.4. The molecule has 2 aliphatic rings. The van der Waals surface area contributed by atoms with Crippen molar-refractivity contribution >= 4 is 23.2 Å². The van der Waals surface area contributed by atoms with Gasteiger partial charge in [0.25, 0.3) is 5.91 Å². The van der Waals surface area contributed by atoms with Crippen molar-refractivity contribution in [3.8, 4) is 5.75 Å². The zero-order valence-corrected chi connectivity index (χ0v) is 16.9. The van der Waals surface area contributed by atoms with Gasteiger partial charge in [0, 0.05) is 18.7 Å². The van der Waals surface area contributed by atoms with Crippen molar-refractivity contribution < 1.29 is 14.6 Å². The zero-order valence-electron chi connectivity index (χ0n) is 16.2. The molecular formula is C20H30ClN3O3. The molecule has 0 radical (unpaired) electrons. The molecule has 1 saturated heterocycles. The fraction of sp³-hybridized carbons (Fsp3) is 0.650. The molecule has 3 rings (SSSR count). The molecular weight excluding hydrogens is 366 g/mol. The first-order chi connectivity index (χ1) is 12.7. The lowest BCUT2D eigenvalue weighted by Crippen LogP contribution is -2.44. The van der Waals surface area contributed by atoms with Crippen LogP contribution >= 0.6 is 11.6 Å². The number of β-amino-alcohol motifs (C(OH)–C–C–N with tert-alkyl or cyclic N) is 1. The Balaban J connectivity index is 1.57. The van der Waals surface area contributed by atoms with Crippen LogP contribution in [0.2, 0.25) is 5.02 Å². The van der Waals surface area contributed by atoms with Crippen molar-refractivity contribution in [3.63, 3.8) is 0 Å². The van der Waals surface area contributed by atoms with E-state index in [1.807, 2.05) is 13.8 Å². The predicted molar refractivity (Wildman–Crippen MR) is 107 cm³/mol. The van der Waals surface area contributed by atoms with E-state index in [-0.39, 0.29) is 5.91 Å². The highest BCUT2D eigenvalue weighted by molar-refractivity contribution is 6.33. The smallest absolute Gasteiger partial charge is 0.255 e. The van der Waals surface area contributed by atoms with E-state index in [0.29, 0.717) is 47.6 Å². The number of carbonyl (C=O) groups excluding carboxylic acids is 1. The summed E-state index contributed by atoms with van der Waals surface area (Å²) >= 11 is 6.23. The van der Waals surface area contributed by atoms with Crippen LogP contribution in [-0.4, -0.2) is 54.3 Å². The van der Waals surface area contributed by atoms with E-state index in [2.05, 4.69) is 10.2 Å². The number of carbonyl (C=O) groups is 1. The topological polar surface area (TPSA) is 87.8 Å². The Hall–Kier alpha value is -1.50. The summed E-state index contributed by atoms with van der Waals surface area (Å²) in [5.41, 5.74) is 7.22. The average Bonchev–Trinajstić information content (AvgIpc) is 2.62. The number of ether oxygens (including phenoxy) is 1. The fourth-order valence-corrected chi connectivity index (χ4v) is 4.16. The number of fused-ring (bicyclic) bond motifs is 1. The number of piperidine rings is 1. The second kappa shape index (κ2) is 8.25. The summed E-state index contributed by atoms with van der Waals surface area (Å²) in [6, 6.07) is 1.61. The Kier molecular flexibility index (Phi) is 6.18. The van der Waals surface area contributed by atoms with Crippen LogP contribution in [0.4, 0.5) is 5.69 Å². The number of amides is 1. The van der Waals surface area contributed by atoms with Gasteiger partial charge in [-0.3, -0.25) is 4.79 Å². The molecule has 1 fully saturated rings. The van der Waals surface area contributed by atoms with Gasteiger partial charge in [-0.05, 0) is 64.6 Å². The minimum absolute atomic E-state index is 0.158. The van der Waals surface area contributed by atoms with Crippen LogP contribution in [-0.2, 0) is 6.42 Å². The minimum atomic E-state index is -0.672. The maximum Gasteiger partial charge on any atom is 0.255 e. The molecule has 4 N–H and O–H groups in total. The molecule has 2 heterocycles. The first-order valence-electron chi connectivity index (χ1n) is 9.71. The van der Waals surface area contributed by atoms with E-state index in [1.165, 1.54) is 0 Å². The lowest BCUT2D eigenvalue weighted by Gasteiger charge is -2.35. The molecule has 7 heteroatoms. The standard InChI is InChI=1S/C20H30ClN3O3/c1-20(2,26)12-24-7-5-13(6-8-24)11-23-19(25)15-10-16(21)17(22)14-4-3-9-27-18(14)15/h10,13,26H,3-9,11-12,22H2,1-2H3,(H,23,25). The van der Waals surface area contributed by atoms with Gasteiger partial charge in [-0.1, -0.05) is 11.6 Å². The van der Waals surface area contributed by atoms with Crippen molar-refractivity contribution in [2.24, 2.45) is 5.92 Å². The van der Waals surface area contributed by atoms with Crippen molar-refractivity contribution in [2.45, 2.75) is 45.1 Å². The number of hydrogen-bond acceptors (Lipinski definition) is 5. The molecule has 2 aliphatic heterocycles. The SMILES string of the molecule is CC(C)(O)CN1CCC(CNC(=O)c2cc(Cl)c(N)c3c2OCCC3)CC1. The fourth-order valence-electron chi connectivity index (χ4n) is 3.93. The molecule has 0 aromatic heterocycles. The molecule has 0 aliphatic carbocycles. The number of nitrogens with zero attached hydrogens (tertiary/aromatic N) is 1. The van der Waals surface area contributed by atoms with Gasteiger partial charge in [-0.2, -0.15) is 0 Å². The molecule has 1 aromatic rings. The summed E-state index contributed by atoms with van der Waals surface area (Å²) in [6.45, 7) is 7.45. The maximum atomic E-state index is 12.7. The Morgan fingerprint density at radius 3 is 2.81 bits per heavy atom. The van der Waals surface area contributed by atoms with E-state index >= 15 is 0 Å². The van der Waals surface area contributed by atoms with E-state index in [9.17, 15) is 9.90 Å². The average molecular weight is 396 g/mol. The molecule has 27 heavy (non-hydrogen) atoms. The number of halogens is 1. The van der Waals surface area contributed by atoms with Crippen LogP contribution in [0.1, 0.15) is 49.0 Å². The highest BCUT2D eigenvalue weighted by Crippen LogP contribution is 2.38. The van der Waals surface area contributed by atoms with E-state index in [0.717, 1.165) is 44.3 Å². The minimum Gasteiger partial charge on any atom is -0.492 e. The summed E-state index contributed by atoms with van der Waals surface area (Å²) in [4.78, 5) is 15.0. The Labute approximate surface area is 166 Å². The third kappa shape index (κ3) is 5.06. The number of hydrogen-bond donors (Lipinski definition) is 3. The number of rotatable bonds is 5. The number of likely N-dealkylation sites (tertiary alicyclic amines) is 1. The maximum absolute atomic E-state index is 12.7. The van der Waals surface area contributed by atoms with Crippen molar-refractivity contribution in [3.05, 3.63) is 22.2 Å². The van der Waals surface area contributed by atoms with Crippen molar-refractivity contribution in [2.75, 3.05) is 38.5 Å². The second-order valence-electron chi connectivity index (χ2n) is 8.32. The van der Waals surface area contributed by atoms with Crippen LogP contribution in [0.25, 0.3) is 0 Å². The number of nitrogen functional groups attached to an aromatic ring is 1. The predicted octanol–water partition coefficient (Wildman–Crippen LogP) is 2.46. The van der Waals surface area contributed by atoms with Crippen LogP contribution in [0.15, 0.2) is 6.07 Å². The molecule has 0 saturated carbocycles. The summed E-state index contributed by atoms with van der Waals surface area (Å²) in [6.07, 6.45) is 3.67. The highest BCUT2D eigenvalue weighted by atomic mass is 35.5. The lowest BCUT2D eigenvalue weighted by atomic mass is 9.95. The molecule has 1 aromatic carbocycles. The lowest BCUT2D eigenvalue weighted by molar-refractivity contribution is 0.0245. The normalized spacial score (nSPS) is 18.7. The van der Waals surface area contributed by atoms with Gasteiger partial charge in [-0.15, -0.1) is 0 Å². The first-order valence-corrected chi connectivity index (χ1v) is 10.1. The Morgan fingerprint density at radius 2 is 2.15 bits per heavy atom. The third-order valence-corrected chi connectivity index (χ3v) is 5.62. The Bertz CT molecular complexity index is 695.